The molecular formula is C16H11F4N3O3. The monoisotopic (exact) mass is 369 g/mol. The molecule has 0 bridgehead atoms. The van der Waals surface area contributed by atoms with Crippen LogP contribution in [0.1, 0.15) is 21.5 Å². The van der Waals surface area contributed by atoms with Gasteiger partial charge in [0, 0.05) is 18.3 Å². The lowest BCUT2D eigenvalue weighted by Crippen LogP contribution is -2.23. The molecule has 1 heterocycles. The number of hydrogen-bond acceptors (Lipinski definition) is 5. The van der Waals surface area contributed by atoms with Crippen molar-refractivity contribution in [3.63, 3.8) is 0 Å². The largest absolute Gasteiger partial charge is 0.493 e. The second kappa shape index (κ2) is 8.15. The summed E-state index contributed by atoms with van der Waals surface area (Å²) in [5, 5.41) is 11.2. The van der Waals surface area contributed by atoms with Crippen molar-refractivity contribution in [2.75, 3.05) is 7.11 Å². The molecule has 0 spiro atoms. The Morgan fingerprint density at radius 1 is 1.31 bits per heavy atom. The van der Waals surface area contributed by atoms with Crippen LogP contribution in [0.3, 0.4) is 0 Å². The molecule has 0 radical (unpaired) electrons. The van der Waals surface area contributed by atoms with Crippen LogP contribution in [0.15, 0.2) is 24.4 Å². The van der Waals surface area contributed by atoms with Gasteiger partial charge in [-0.05, 0) is 18.2 Å². The van der Waals surface area contributed by atoms with Crippen LogP contribution in [0.5, 0.6) is 11.6 Å². The van der Waals surface area contributed by atoms with E-state index >= 15 is 0 Å². The lowest BCUT2D eigenvalue weighted by Gasteiger charge is -2.11. The third-order valence-corrected chi connectivity index (χ3v) is 3.16. The quantitative estimate of drug-likeness (QED) is 0.792. The predicted molar refractivity (Wildman–Crippen MR) is 79.7 cm³/mol. The van der Waals surface area contributed by atoms with Gasteiger partial charge in [0.25, 0.3) is 11.8 Å². The number of rotatable bonds is 6. The molecule has 0 saturated carbocycles. The number of carbonyl (C=O) groups is 1. The fourth-order valence-electron chi connectivity index (χ4n) is 2.07. The SMILES string of the molecule is COc1c(F)cc(C#N)cc1CNC(=O)c1cnc(OC(F)F)c(F)c1. The second-order valence-corrected chi connectivity index (χ2v) is 4.83. The number of amides is 1. The third kappa shape index (κ3) is 4.38. The molecule has 0 unspecified atom stereocenters. The fraction of sp³-hybridized carbons (Fsp3) is 0.188. The van der Waals surface area contributed by atoms with E-state index in [1.807, 2.05) is 0 Å². The van der Waals surface area contributed by atoms with E-state index < -0.39 is 30.0 Å². The molecule has 6 nitrogen and oxygen atoms in total. The van der Waals surface area contributed by atoms with Crippen molar-refractivity contribution in [1.29, 1.82) is 5.26 Å². The molecule has 2 aromatic rings. The summed E-state index contributed by atoms with van der Waals surface area (Å²) in [7, 11) is 1.22. The average molecular weight is 369 g/mol. The van der Waals surface area contributed by atoms with Crippen molar-refractivity contribution in [3.8, 4) is 17.7 Å². The zero-order valence-electron chi connectivity index (χ0n) is 13.2. The predicted octanol–water partition coefficient (Wildman–Crippen LogP) is 2.77. The molecule has 0 atom stereocenters. The zero-order valence-corrected chi connectivity index (χ0v) is 13.2. The standard InChI is InChI=1S/C16H11F4N3O3/c1-25-13-9(2-8(5-21)3-11(13)17)6-22-14(24)10-4-12(18)15(23-7-10)26-16(19)20/h2-4,7,16H,6H2,1H3,(H,22,24). The summed E-state index contributed by atoms with van der Waals surface area (Å²) in [6, 6.07) is 4.73. The molecule has 26 heavy (non-hydrogen) atoms. The summed E-state index contributed by atoms with van der Waals surface area (Å²) in [6.45, 7) is -3.49. The minimum atomic E-state index is -3.26. The third-order valence-electron chi connectivity index (χ3n) is 3.16. The van der Waals surface area contributed by atoms with Crippen molar-refractivity contribution >= 4 is 5.91 Å². The van der Waals surface area contributed by atoms with Gasteiger partial charge in [0.2, 0.25) is 0 Å². The summed E-state index contributed by atoms with van der Waals surface area (Å²) in [5.74, 6) is -3.92. The Morgan fingerprint density at radius 3 is 2.62 bits per heavy atom. The van der Waals surface area contributed by atoms with Gasteiger partial charge < -0.3 is 14.8 Å². The molecule has 10 heteroatoms. The first kappa shape index (κ1) is 19.0. The number of nitrogens with one attached hydrogen (secondary N) is 1. The highest BCUT2D eigenvalue weighted by Crippen LogP contribution is 2.24. The first-order valence-electron chi connectivity index (χ1n) is 7.00. The maximum Gasteiger partial charge on any atom is 0.388 e. The molecule has 1 aromatic heterocycles. The van der Waals surface area contributed by atoms with E-state index in [0.29, 0.717) is 6.07 Å². The maximum atomic E-state index is 13.8. The molecule has 1 aromatic carbocycles. The van der Waals surface area contributed by atoms with Crippen LogP contribution in [0.2, 0.25) is 0 Å². The van der Waals surface area contributed by atoms with Gasteiger partial charge >= 0.3 is 6.61 Å². The van der Waals surface area contributed by atoms with Gasteiger partial charge in [-0.3, -0.25) is 4.79 Å². The van der Waals surface area contributed by atoms with Crippen molar-refractivity contribution in [2.24, 2.45) is 0 Å². The highest BCUT2D eigenvalue weighted by Gasteiger charge is 2.17. The molecule has 0 aliphatic heterocycles. The molecule has 1 N–H and O–H groups in total. The Hall–Kier alpha value is -3.35. The van der Waals surface area contributed by atoms with Gasteiger partial charge in [-0.25, -0.2) is 13.8 Å². The minimum Gasteiger partial charge on any atom is -0.493 e. The normalized spacial score (nSPS) is 10.3. The molecule has 0 aliphatic rings. The number of ether oxygens (including phenoxy) is 2. The van der Waals surface area contributed by atoms with Gasteiger partial charge in [0.15, 0.2) is 17.4 Å². The van der Waals surface area contributed by atoms with Gasteiger partial charge in [0.05, 0.1) is 24.3 Å². The first-order chi connectivity index (χ1) is 12.3. The van der Waals surface area contributed by atoms with Crippen LogP contribution in [0.4, 0.5) is 17.6 Å². The van der Waals surface area contributed by atoms with Gasteiger partial charge in [-0.1, -0.05) is 0 Å². The van der Waals surface area contributed by atoms with Crippen molar-refractivity contribution in [1.82, 2.24) is 10.3 Å². The van der Waals surface area contributed by atoms with Gasteiger partial charge in [-0.15, -0.1) is 0 Å². The molecule has 0 aliphatic carbocycles. The summed E-state index contributed by atoms with van der Waals surface area (Å²) in [5.41, 5.74) is -0.0581. The van der Waals surface area contributed by atoms with E-state index in [2.05, 4.69) is 15.0 Å². The van der Waals surface area contributed by atoms with Crippen LogP contribution >= 0.6 is 0 Å². The summed E-state index contributed by atoms with van der Waals surface area (Å²) >= 11 is 0. The van der Waals surface area contributed by atoms with E-state index in [-0.39, 0.29) is 29.0 Å². The van der Waals surface area contributed by atoms with Crippen LogP contribution in [-0.4, -0.2) is 24.6 Å². The first-order valence-corrected chi connectivity index (χ1v) is 7.00. The topological polar surface area (TPSA) is 84.2 Å². The minimum absolute atomic E-state index is 0.0220. The number of pyridine rings is 1. The smallest absolute Gasteiger partial charge is 0.388 e. The summed E-state index contributed by atoms with van der Waals surface area (Å²) < 4.78 is 60.3. The number of carbonyl (C=O) groups excluding carboxylic acids is 1. The number of aromatic nitrogens is 1. The Morgan fingerprint density at radius 2 is 2.04 bits per heavy atom. The van der Waals surface area contributed by atoms with E-state index in [1.165, 1.54) is 13.2 Å². The van der Waals surface area contributed by atoms with Crippen molar-refractivity contribution < 1.29 is 31.8 Å². The number of nitrogens with zero attached hydrogens (tertiary/aromatic N) is 2. The summed E-state index contributed by atoms with van der Waals surface area (Å²) in [6.07, 6.45) is 0.847. The molecule has 1 amide bonds. The Balaban J connectivity index is 2.15. The number of methoxy groups -OCH3 is 1. The van der Waals surface area contributed by atoms with Crippen LogP contribution in [0, 0.1) is 23.0 Å². The number of benzene rings is 1. The Labute approximate surface area is 145 Å². The lowest BCUT2D eigenvalue weighted by atomic mass is 10.1. The van der Waals surface area contributed by atoms with E-state index in [4.69, 9.17) is 10.00 Å². The highest BCUT2D eigenvalue weighted by atomic mass is 19.3. The summed E-state index contributed by atoms with van der Waals surface area (Å²) in [4.78, 5) is 15.3. The average Bonchev–Trinajstić information content (AvgIpc) is 2.60. The number of nitriles is 1. The van der Waals surface area contributed by atoms with Crippen LogP contribution in [0.25, 0.3) is 0 Å². The molecule has 136 valence electrons. The lowest BCUT2D eigenvalue weighted by molar-refractivity contribution is -0.0553. The van der Waals surface area contributed by atoms with Crippen LogP contribution < -0.4 is 14.8 Å². The maximum absolute atomic E-state index is 13.8. The van der Waals surface area contributed by atoms with Gasteiger partial charge in [-0.2, -0.15) is 14.0 Å². The number of halogens is 4. The van der Waals surface area contributed by atoms with Crippen LogP contribution in [-0.2, 0) is 6.54 Å². The zero-order chi connectivity index (χ0) is 19.3. The highest BCUT2D eigenvalue weighted by molar-refractivity contribution is 5.93. The molecule has 0 saturated heterocycles. The molecule has 2 rings (SSSR count). The Bertz CT molecular complexity index is 869. The van der Waals surface area contributed by atoms with E-state index in [0.717, 1.165) is 12.3 Å². The second-order valence-electron chi connectivity index (χ2n) is 4.83. The van der Waals surface area contributed by atoms with Crippen molar-refractivity contribution in [3.05, 3.63) is 52.7 Å². The van der Waals surface area contributed by atoms with E-state index in [9.17, 15) is 22.4 Å². The van der Waals surface area contributed by atoms with E-state index in [1.54, 1.807) is 6.07 Å². The Kier molecular flexibility index (Phi) is 5.95. The fourth-order valence-corrected chi connectivity index (χ4v) is 2.07. The number of hydrogen-bond donors (Lipinski definition) is 1. The number of alkyl halides is 2. The molecule has 0 fully saturated rings. The molecular weight excluding hydrogens is 358 g/mol. The van der Waals surface area contributed by atoms with Gasteiger partial charge in [0.1, 0.15) is 0 Å². The van der Waals surface area contributed by atoms with Crippen molar-refractivity contribution in [2.45, 2.75) is 13.2 Å².